The lowest BCUT2D eigenvalue weighted by Crippen LogP contribution is -2.58. The summed E-state index contributed by atoms with van der Waals surface area (Å²) >= 11 is 0. The first-order chi connectivity index (χ1) is 10.6. The van der Waals surface area contributed by atoms with E-state index in [2.05, 4.69) is 62.3 Å². The van der Waals surface area contributed by atoms with Crippen LogP contribution in [-0.2, 0) is 0 Å². The molecule has 1 heterocycles. The fourth-order valence-corrected chi connectivity index (χ4v) is 5.44. The topological polar surface area (TPSA) is 15.3 Å². The zero-order chi connectivity index (χ0) is 15.7. The molecule has 1 N–H and O–H groups in total. The predicted molar refractivity (Wildman–Crippen MR) is 94.9 cm³/mol. The summed E-state index contributed by atoms with van der Waals surface area (Å²) in [7, 11) is 2.14. The standard InChI is InChI=1S/C20H34N2/c1-5-15-14-18(22-12-8-9-13-22)16-10-6-7-11-17(16)19(15)20(2,3)21-4/h6-7,10-11,15-19,21H,5,8-9,12-14H2,1-4H3. The Hall–Kier alpha value is -0.600. The number of hydrogen-bond donors (Lipinski definition) is 1. The molecule has 0 bridgehead atoms. The summed E-state index contributed by atoms with van der Waals surface area (Å²) in [5.74, 6) is 2.96. The molecule has 0 aromatic rings. The molecule has 0 aromatic heterocycles. The van der Waals surface area contributed by atoms with Crippen molar-refractivity contribution in [1.82, 2.24) is 10.2 Å². The molecular weight excluding hydrogens is 268 g/mol. The van der Waals surface area contributed by atoms with Crippen molar-refractivity contribution in [2.75, 3.05) is 20.1 Å². The highest BCUT2D eigenvalue weighted by Gasteiger charge is 2.49. The van der Waals surface area contributed by atoms with Gasteiger partial charge in [-0.25, -0.2) is 0 Å². The van der Waals surface area contributed by atoms with Crippen LogP contribution in [0.5, 0.6) is 0 Å². The largest absolute Gasteiger partial charge is 0.315 e. The van der Waals surface area contributed by atoms with Crippen molar-refractivity contribution in [2.45, 2.75) is 58.0 Å². The second-order valence-corrected chi connectivity index (χ2v) is 8.14. The maximum atomic E-state index is 3.62. The molecule has 3 rings (SSSR count). The Kier molecular flexibility index (Phi) is 4.80. The Morgan fingerprint density at radius 3 is 2.32 bits per heavy atom. The lowest BCUT2D eigenvalue weighted by molar-refractivity contribution is 0.00495. The minimum Gasteiger partial charge on any atom is -0.315 e. The van der Waals surface area contributed by atoms with Crippen molar-refractivity contribution in [3.05, 3.63) is 24.3 Å². The van der Waals surface area contributed by atoms with Crippen LogP contribution in [0.3, 0.4) is 0 Å². The van der Waals surface area contributed by atoms with Gasteiger partial charge in [-0.05, 0) is 76.9 Å². The molecule has 5 unspecified atom stereocenters. The van der Waals surface area contributed by atoms with Gasteiger partial charge in [-0.2, -0.15) is 0 Å². The summed E-state index contributed by atoms with van der Waals surface area (Å²) in [4.78, 5) is 2.80. The van der Waals surface area contributed by atoms with Crippen LogP contribution in [0.1, 0.15) is 46.5 Å². The number of allylic oxidation sites excluding steroid dienone is 3. The van der Waals surface area contributed by atoms with Crippen molar-refractivity contribution in [2.24, 2.45) is 23.7 Å². The summed E-state index contributed by atoms with van der Waals surface area (Å²) in [5.41, 5.74) is 0.203. The maximum Gasteiger partial charge on any atom is 0.0167 e. The van der Waals surface area contributed by atoms with Crippen molar-refractivity contribution in [3.8, 4) is 0 Å². The van der Waals surface area contributed by atoms with E-state index < -0.39 is 0 Å². The number of nitrogens with one attached hydrogen (secondary N) is 1. The monoisotopic (exact) mass is 302 g/mol. The number of likely N-dealkylation sites (tertiary alicyclic amines) is 1. The van der Waals surface area contributed by atoms with E-state index in [0.29, 0.717) is 11.8 Å². The van der Waals surface area contributed by atoms with Crippen LogP contribution >= 0.6 is 0 Å². The van der Waals surface area contributed by atoms with Crippen LogP contribution < -0.4 is 5.32 Å². The lowest BCUT2D eigenvalue weighted by atomic mass is 9.57. The number of rotatable bonds is 4. The highest BCUT2D eigenvalue weighted by atomic mass is 15.2. The van der Waals surface area contributed by atoms with Crippen LogP contribution in [0.2, 0.25) is 0 Å². The number of nitrogens with zero attached hydrogens (tertiary/aromatic N) is 1. The zero-order valence-electron chi connectivity index (χ0n) is 14.9. The minimum atomic E-state index is 0.203. The molecule has 1 saturated carbocycles. The van der Waals surface area contributed by atoms with E-state index in [-0.39, 0.29) is 5.54 Å². The summed E-state index contributed by atoms with van der Waals surface area (Å²) < 4.78 is 0. The first-order valence-electron chi connectivity index (χ1n) is 9.36. The fraction of sp³-hybridized carbons (Fsp3) is 0.800. The van der Waals surface area contributed by atoms with Gasteiger partial charge < -0.3 is 5.32 Å². The first-order valence-corrected chi connectivity index (χ1v) is 9.36. The molecule has 0 amide bonds. The summed E-state index contributed by atoms with van der Waals surface area (Å²) in [6.07, 6.45) is 15.1. The molecular formula is C20H34N2. The summed E-state index contributed by atoms with van der Waals surface area (Å²) in [5, 5.41) is 3.62. The third kappa shape index (κ3) is 2.80. The smallest absolute Gasteiger partial charge is 0.0167 e. The number of hydrogen-bond acceptors (Lipinski definition) is 2. The fourth-order valence-electron chi connectivity index (χ4n) is 5.44. The van der Waals surface area contributed by atoms with E-state index in [1.165, 1.54) is 38.8 Å². The third-order valence-electron chi connectivity index (χ3n) is 6.75. The predicted octanol–water partition coefficient (Wildman–Crippen LogP) is 3.85. The Morgan fingerprint density at radius 2 is 1.73 bits per heavy atom. The van der Waals surface area contributed by atoms with Gasteiger partial charge in [0.15, 0.2) is 0 Å². The highest BCUT2D eigenvalue weighted by Crippen LogP contribution is 2.49. The molecule has 0 radical (unpaired) electrons. The Morgan fingerprint density at radius 1 is 1.09 bits per heavy atom. The van der Waals surface area contributed by atoms with E-state index >= 15 is 0 Å². The normalized spacial score (nSPS) is 39.2. The van der Waals surface area contributed by atoms with Crippen LogP contribution in [0, 0.1) is 23.7 Å². The SMILES string of the molecule is CCC1CC(N2CCCC2)C2C=CC=CC2C1C(C)(C)NC. The second-order valence-electron chi connectivity index (χ2n) is 8.14. The van der Waals surface area contributed by atoms with E-state index in [1.807, 2.05) is 0 Å². The van der Waals surface area contributed by atoms with Gasteiger partial charge in [0, 0.05) is 11.6 Å². The molecule has 3 aliphatic rings. The van der Waals surface area contributed by atoms with E-state index in [0.717, 1.165) is 17.9 Å². The Bertz CT molecular complexity index is 431. The second kappa shape index (κ2) is 6.49. The Balaban J connectivity index is 1.91. The van der Waals surface area contributed by atoms with Crippen molar-refractivity contribution >= 4 is 0 Å². The van der Waals surface area contributed by atoms with Gasteiger partial charge in [0.25, 0.3) is 0 Å². The maximum absolute atomic E-state index is 3.62. The molecule has 0 spiro atoms. The van der Waals surface area contributed by atoms with Gasteiger partial charge in [0.1, 0.15) is 0 Å². The van der Waals surface area contributed by atoms with Crippen LogP contribution in [0.4, 0.5) is 0 Å². The molecule has 124 valence electrons. The average molecular weight is 303 g/mol. The molecule has 1 saturated heterocycles. The lowest BCUT2D eigenvalue weighted by Gasteiger charge is -2.54. The van der Waals surface area contributed by atoms with Gasteiger partial charge in [-0.1, -0.05) is 37.6 Å². The highest BCUT2D eigenvalue weighted by molar-refractivity contribution is 5.21. The minimum absolute atomic E-state index is 0.203. The zero-order valence-corrected chi connectivity index (χ0v) is 14.9. The molecule has 0 aromatic carbocycles. The summed E-state index contributed by atoms with van der Waals surface area (Å²) in [6.45, 7) is 9.84. The van der Waals surface area contributed by atoms with E-state index in [1.54, 1.807) is 0 Å². The van der Waals surface area contributed by atoms with Crippen molar-refractivity contribution in [3.63, 3.8) is 0 Å². The van der Waals surface area contributed by atoms with Crippen LogP contribution in [0.25, 0.3) is 0 Å². The quantitative estimate of drug-likeness (QED) is 0.848. The first kappa shape index (κ1) is 16.3. The van der Waals surface area contributed by atoms with Crippen LogP contribution in [-0.4, -0.2) is 36.6 Å². The molecule has 22 heavy (non-hydrogen) atoms. The third-order valence-corrected chi connectivity index (χ3v) is 6.75. The number of fused-ring (bicyclic) bond motifs is 1. The molecule has 2 nitrogen and oxygen atoms in total. The van der Waals surface area contributed by atoms with Crippen molar-refractivity contribution in [1.29, 1.82) is 0 Å². The van der Waals surface area contributed by atoms with Crippen LogP contribution in [0.15, 0.2) is 24.3 Å². The molecule has 2 heteroatoms. The molecule has 2 aliphatic carbocycles. The average Bonchev–Trinajstić information content (AvgIpc) is 3.07. The van der Waals surface area contributed by atoms with Gasteiger partial charge in [0.2, 0.25) is 0 Å². The van der Waals surface area contributed by atoms with Gasteiger partial charge in [-0.3, -0.25) is 4.90 Å². The van der Waals surface area contributed by atoms with E-state index in [9.17, 15) is 0 Å². The molecule has 2 fully saturated rings. The molecule has 5 atom stereocenters. The summed E-state index contributed by atoms with van der Waals surface area (Å²) in [6, 6.07) is 0.766. The van der Waals surface area contributed by atoms with E-state index in [4.69, 9.17) is 0 Å². The molecule has 1 aliphatic heterocycles. The van der Waals surface area contributed by atoms with Gasteiger partial charge >= 0.3 is 0 Å². The van der Waals surface area contributed by atoms with Crippen molar-refractivity contribution < 1.29 is 0 Å². The van der Waals surface area contributed by atoms with Gasteiger partial charge in [-0.15, -0.1) is 0 Å². The van der Waals surface area contributed by atoms with Gasteiger partial charge in [0.05, 0.1) is 0 Å². The Labute approximate surface area is 137 Å².